The van der Waals surface area contributed by atoms with E-state index in [2.05, 4.69) is 20.8 Å². The van der Waals surface area contributed by atoms with Crippen LogP contribution in [0, 0.1) is 5.41 Å². The van der Waals surface area contributed by atoms with Gasteiger partial charge in [0.2, 0.25) is 0 Å². The molecular weight excluding hydrogens is 220 g/mol. The van der Waals surface area contributed by atoms with Crippen LogP contribution in [-0.4, -0.2) is 39.1 Å². The van der Waals surface area contributed by atoms with Crippen LogP contribution in [-0.2, 0) is 6.54 Å². The van der Waals surface area contributed by atoms with Crippen LogP contribution in [0.25, 0.3) is 0 Å². The van der Waals surface area contributed by atoms with E-state index >= 15 is 0 Å². The Balaban J connectivity index is 2.16. The summed E-state index contributed by atoms with van der Waals surface area (Å²) in [5.41, 5.74) is 5.30. The van der Waals surface area contributed by atoms with Crippen molar-refractivity contribution in [3.05, 3.63) is 12.4 Å². The van der Waals surface area contributed by atoms with Crippen LogP contribution in [0.3, 0.4) is 0 Å². The van der Waals surface area contributed by atoms with Crippen LogP contribution in [0.15, 0.2) is 17.5 Å². The Bertz CT molecular complexity index is 346. The van der Waals surface area contributed by atoms with Gasteiger partial charge < -0.3 is 16.3 Å². The molecular formula is C10H20N6O. The molecule has 0 fully saturated rings. The maximum Gasteiger partial charge on any atom is 0.144 e. The first kappa shape index (κ1) is 13.4. The predicted molar refractivity (Wildman–Crippen MR) is 64.7 cm³/mol. The van der Waals surface area contributed by atoms with Crippen molar-refractivity contribution in [2.24, 2.45) is 16.3 Å². The van der Waals surface area contributed by atoms with E-state index < -0.39 is 0 Å². The van der Waals surface area contributed by atoms with Crippen molar-refractivity contribution in [3.8, 4) is 0 Å². The summed E-state index contributed by atoms with van der Waals surface area (Å²) < 4.78 is 1.77. The maximum absolute atomic E-state index is 8.62. The zero-order valence-electron chi connectivity index (χ0n) is 10.3. The van der Waals surface area contributed by atoms with Crippen LogP contribution in [0.1, 0.15) is 20.3 Å². The summed E-state index contributed by atoms with van der Waals surface area (Å²) >= 11 is 0. The van der Waals surface area contributed by atoms with Gasteiger partial charge in [0.05, 0.1) is 12.7 Å². The lowest BCUT2D eigenvalue weighted by Crippen LogP contribution is -2.35. The molecule has 0 spiro atoms. The molecule has 7 heteroatoms. The van der Waals surface area contributed by atoms with Gasteiger partial charge in [0.25, 0.3) is 0 Å². The Morgan fingerprint density at radius 2 is 2.29 bits per heavy atom. The zero-order chi connectivity index (χ0) is 12.7. The average Bonchev–Trinajstić information content (AvgIpc) is 2.80. The number of nitrogens with two attached hydrogens (primary N) is 1. The molecule has 1 aromatic rings. The second-order valence-electron chi connectivity index (χ2n) is 4.54. The summed E-state index contributed by atoms with van der Waals surface area (Å²) in [5.74, 6) is 0.260. The summed E-state index contributed by atoms with van der Waals surface area (Å²) in [6, 6.07) is 0. The van der Waals surface area contributed by atoms with E-state index in [0.29, 0.717) is 0 Å². The number of aromatic nitrogens is 3. The van der Waals surface area contributed by atoms with Gasteiger partial charge in [-0.3, -0.25) is 4.68 Å². The van der Waals surface area contributed by atoms with Gasteiger partial charge in [0.15, 0.2) is 0 Å². The van der Waals surface area contributed by atoms with Crippen LogP contribution in [0.5, 0.6) is 0 Å². The zero-order valence-corrected chi connectivity index (χ0v) is 10.3. The molecule has 0 aliphatic heterocycles. The summed E-state index contributed by atoms with van der Waals surface area (Å²) in [6.45, 7) is 6.29. The van der Waals surface area contributed by atoms with Gasteiger partial charge in [0, 0.05) is 18.2 Å². The lowest BCUT2D eigenvalue weighted by atomic mass is 9.88. The molecule has 0 bridgehead atoms. The number of amidine groups is 1. The summed E-state index contributed by atoms with van der Waals surface area (Å²) in [4.78, 5) is 0. The number of hydrogen-bond donors (Lipinski definition) is 3. The lowest BCUT2D eigenvalue weighted by Gasteiger charge is -2.22. The van der Waals surface area contributed by atoms with E-state index in [0.717, 1.165) is 26.1 Å². The topological polar surface area (TPSA) is 101 Å². The van der Waals surface area contributed by atoms with E-state index in [1.807, 2.05) is 20.0 Å². The molecule has 0 amide bonds. The fraction of sp³-hybridized carbons (Fsp3) is 0.700. The lowest BCUT2D eigenvalue weighted by molar-refractivity contribution is 0.305. The Morgan fingerprint density at radius 1 is 1.53 bits per heavy atom. The molecule has 17 heavy (non-hydrogen) atoms. The van der Waals surface area contributed by atoms with Gasteiger partial charge in [-0.25, -0.2) is 0 Å². The quantitative estimate of drug-likeness (QED) is 0.205. The number of rotatable bonds is 7. The van der Waals surface area contributed by atoms with E-state index in [4.69, 9.17) is 10.9 Å². The van der Waals surface area contributed by atoms with Crippen LogP contribution in [0.2, 0.25) is 0 Å². The van der Waals surface area contributed by atoms with Gasteiger partial charge in [-0.15, -0.1) is 5.10 Å². The van der Waals surface area contributed by atoms with Gasteiger partial charge in [0.1, 0.15) is 5.84 Å². The monoisotopic (exact) mass is 240 g/mol. The highest BCUT2D eigenvalue weighted by molar-refractivity contribution is 5.85. The smallest absolute Gasteiger partial charge is 0.144 e. The number of nitrogens with one attached hydrogen (secondary N) is 1. The number of nitrogens with zero attached hydrogens (tertiary/aromatic N) is 4. The van der Waals surface area contributed by atoms with E-state index in [9.17, 15) is 0 Å². The van der Waals surface area contributed by atoms with Crippen molar-refractivity contribution in [1.29, 1.82) is 0 Å². The van der Waals surface area contributed by atoms with Crippen LogP contribution >= 0.6 is 0 Å². The molecule has 4 N–H and O–H groups in total. The van der Waals surface area contributed by atoms with Crippen molar-refractivity contribution < 1.29 is 5.21 Å². The fourth-order valence-electron chi connectivity index (χ4n) is 1.33. The van der Waals surface area contributed by atoms with Gasteiger partial charge in [-0.05, 0) is 13.0 Å². The highest BCUT2D eigenvalue weighted by atomic mass is 16.4. The van der Waals surface area contributed by atoms with E-state index in [1.54, 1.807) is 10.9 Å². The third-order valence-electron chi connectivity index (χ3n) is 2.72. The molecule has 7 nitrogen and oxygen atoms in total. The highest BCUT2D eigenvalue weighted by Gasteiger charge is 2.22. The molecule has 1 heterocycles. The van der Waals surface area contributed by atoms with Crippen molar-refractivity contribution in [2.75, 3.05) is 13.1 Å². The predicted octanol–water partition coefficient (Wildman–Crippen LogP) is 0.0304. The molecule has 0 saturated heterocycles. The number of oxime groups is 1. The highest BCUT2D eigenvalue weighted by Crippen LogP contribution is 2.19. The first-order valence-electron chi connectivity index (χ1n) is 5.59. The standard InChI is InChI=1S/C10H20N6O/c1-10(2,9(11)14-17)3-4-12-5-7-16-8-6-13-15-16/h6,8,12,17H,3-5,7H2,1-2H3,(H2,11,14). The Labute approximate surface area is 101 Å². The Morgan fingerprint density at radius 3 is 2.88 bits per heavy atom. The molecule has 0 radical (unpaired) electrons. The van der Waals surface area contributed by atoms with Crippen LogP contribution in [0.4, 0.5) is 0 Å². The first-order valence-corrected chi connectivity index (χ1v) is 5.59. The molecule has 0 saturated carbocycles. The molecule has 0 unspecified atom stereocenters. The summed E-state index contributed by atoms with van der Waals surface area (Å²) in [5, 5.41) is 22.5. The van der Waals surface area contributed by atoms with E-state index in [1.165, 1.54) is 0 Å². The second-order valence-corrected chi connectivity index (χ2v) is 4.54. The largest absolute Gasteiger partial charge is 0.409 e. The first-order chi connectivity index (χ1) is 8.06. The molecule has 0 aromatic carbocycles. The minimum Gasteiger partial charge on any atom is -0.409 e. The number of hydrogen-bond acceptors (Lipinski definition) is 5. The second kappa shape index (κ2) is 6.19. The van der Waals surface area contributed by atoms with Crippen molar-refractivity contribution in [1.82, 2.24) is 20.3 Å². The molecule has 1 aromatic heterocycles. The average molecular weight is 240 g/mol. The van der Waals surface area contributed by atoms with E-state index in [-0.39, 0.29) is 11.3 Å². The minimum atomic E-state index is -0.297. The molecule has 0 aliphatic carbocycles. The van der Waals surface area contributed by atoms with Gasteiger partial charge in [-0.2, -0.15) is 0 Å². The maximum atomic E-state index is 8.62. The molecule has 0 aliphatic rings. The van der Waals surface area contributed by atoms with Crippen molar-refractivity contribution >= 4 is 5.84 Å². The van der Waals surface area contributed by atoms with Gasteiger partial charge in [-0.1, -0.05) is 24.2 Å². The minimum absolute atomic E-state index is 0.260. The fourth-order valence-corrected chi connectivity index (χ4v) is 1.33. The molecule has 96 valence electrons. The third kappa shape index (κ3) is 4.39. The molecule has 0 atom stereocenters. The normalized spacial score (nSPS) is 12.9. The van der Waals surface area contributed by atoms with Crippen LogP contribution < -0.4 is 11.1 Å². The van der Waals surface area contributed by atoms with Crippen molar-refractivity contribution in [3.63, 3.8) is 0 Å². The molecule has 1 rings (SSSR count). The third-order valence-corrected chi connectivity index (χ3v) is 2.72. The summed E-state index contributed by atoms with van der Waals surface area (Å²) in [7, 11) is 0. The van der Waals surface area contributed by atoms with Crippen molar-refractivity contribution in [2.45, 2.75) is 26.8 Å². The SMILES string of the molecule is CC(C)(CCNCCn1ccnn1)/C(N)=N/O. The Hall–Kier alpha value is -1.63. The van der Waals surface area contributed by atoms with Gasteiger partial charge >= 0.3 is 0 Å². The Kier molecular flexibility index (Phi) is 4.89. The summed E-state index contributed by atoms with van der Waals surface area (Å²) in [6.07, 6.45) is 4.28.